The van der Waals surface area contributed by atoms with E-state index in [4.69, 9.17) is 10.2 Å². The average Bonchev–Trinajstić information content (AvgIpc) is 2.83. The number of nitrogens with two attached hydrogens (primary N) is 1. The molecule has 0 spiro atoms. The lowest BCUT2D eigenvalue weighted by atomic mass is 10.3. The van der Waals surface area contributed by atoms with Gasteiger partial charge < -0.3 is 10.2 Å². The second-order valence-electron chi connectivity index (χ2n) is 3.33. The van der Waals surface area contributed by atoms with Gasteiger partial charge in [0.25, 0.3) is 0 Å². The summed E-state index contributed by atoms with van der Waals surface area (Å²) in [5.74, 6) is 0.825. The van der Waals surface area contributed by atoms with Gasteiger partial charge in [-0.05, 0) is 31.5 Å². The van der Waals surface area contributed by atoms with Crippen molar-refractivity contribution >= 4 is 11.3 Å². The van der Waals surface area contributed by atoms with E-state index in [9.17, 15) is 0 Å². The first-order valence-corrected chi connectivity index (χ1v) is 5.70. The Balaban J connectivity index is 2.17. The minimum absolute atomic E-state index is 0.689. The maximum Gasteiger partial charge on any atom is 0.183 e. The highest BCUT2D eigenvalue weighted by Crippen LogP contribution is 2.27. The summed E-state index contributed by atoms with van der Waals surface area (Å²) in [6.07, 6.45) is 3.52. The Morgan fingerprint density at radius 2 is 2.33 bits per heavy atom. The van der Waals surface area contributed by atoms with Gasteiger partial charge in [0.2, 0.25) is 0 Å². The van der Waals surface area contributed by atoms with Crippen LogP contribution in [0.2, 0.25) is 0 Å². The third kappa shape index (κ3) is 2.24. The number of aryl methyl sites for hydroxylation is 2. The molecule has 0 saturated carbocycles. The molecule has 0 unspecified atom stereocenters. The van der Waals surface area contributed by atoms with Crippen LogP contribution in [0.4, 0.5) is 0 Å². The fourth-order valence-electron chi connectivity index (χ4n) is 1.29. The van der Waals surface area contributed by atoms with Crippen LogP contribution in [-0.2, 0) is 6.42 Å². The Hall–Kier alpha value is -1.20. The van der Waals surface area contributed by atoms with Crippen molar-refractivity contribution in [3.63, 3.8) is 0 Å². The molecule has 0 bridgehead atoms. The first kappa shape index (κ1) is 10.3. The zero-order valence-corrected chi connectivity index (χ0v) is 9.38. The molecule has 0 fully saturated rings. The van der Waals surface area contributed by atoms with Crippen molar-refractivity contribution in [2.75, 3.05) is 6.54 Å². The number of nitrogens with zero attached hydrogens (tertiary/aromatic N) is 2. The van der Waals surface area contributed by atoms with Crippen LogP contribution in [-0.4, -0.2) is 16.7 Å². The van der Waals surface area contributed by atoms with E-state index in [2.05, 4.69) is 10.2 Å². The van der Waals surface area contributed by atoms with Gasteiger partial charge in [0.15, 0.2) is 10.8 Å². The van der Waals surface area contributed by atoms with Crippen molar-refractivity contribution in [2.24, 2.45) is 5.73 Å². The van der Waals surface area contributed by atoms with E-state index in [-0.39, 0.29) is 0 Å². The standard InChI is InChI=1S/C10H13N3OS/c1-7-4-6-14-9(7)10-13-12-8(15-10)3-2-5-11/h4,6H,2-3,5,11H2,1H3. The van der Waals surface area contributed by atoms with E-state index >= 15 is 0 Å². The molecular formula is C10H13N3OS. The minimum atomic E-state index is 0.689. The number of aromatic nitrogens is 2. The highest BCUT2D eigenvalue weighted by molar-refractivity contribution is 7.14. The third-order valence-electron chi connectivity index (χ3n) is 2.12. The monoisotopic (exact) mass is 223 g/mol. The summed E-state index contributed by atoms with van der Waals surface area (Å²) in [6.45, 7) is 2.69. The molecule has 80 valence electrons. The van der Waals surface area contributed by atoms with Gasteiger partial charge in [-0.3, -0.25) is 0 Å². The van der Waals surface area contributed by atoms with Gasteiger partial charge in [0.05, 0.1) is 6.26 Å². The van der Waals surface area contributed by atoms with Gasteiger partial charge >= 0.3 is 0 Å². The van der Waals surface area contributed by atoms with Crippen molar-refractivity contribution in [1.29, 1.82) is 0 Å². The Morgan fingerprint density at radius 3 is 3.00 bits per heavy atom. The minimum Gasteiger partial charge on any atom is -0.461 e. The van der Waals surface area contributed by atoms with E-state index in [1.807, 2.05) is 13.0 Å². The topological polar surface area (TPSA) is 64.9 Å². The first-order valence-electron chi connectivity index (χ1n) is 4.88. The number of hydrogen-bond acceptors (Lipinski definition) is 5. The van der Waals surface area contributed by atoms with Gasteiger partial charge in [0.1, 0.15) is 5.01 Å². The SMILES string of the molecule is Cc1ccoc1-c1nnc(CCCN)s1. The smallest absolute Gasteiger partial charge is 0.183 e. The van der Waals surface area contributed by atoms with Crippen molar-refractivity contribution in [2.45, 2.75) is 19.8 Å². The van der Waals surface area contributed by atoms with E-state index < -0.39 is 0 Å². The second kappa shape index (κ2) is 4.55. The van der Waals surface area contributed by atoms with Gasteiger partial charge in [-0.25, -0.2) is 0 Å². The van der Waals surface area contributed by atoms with E-state index in [1.165, 1.54) is 0 Å². The quantitative estimate of drug-likeness (QED) is 0.861. The number of hydrogen-bond donors (Lipinski definition) is 1. The molecule has 2 heterocycles. The van der Waals surface area contributed by atoms with Crippen LogP contribution in [0.3, 0.4) is 0 Å². The maximum absolute atomic E-state index is 5.44. The van der Waals surface area contributed by atoms with Crippen LogP contribution in [0, 0.1) is 6.92 Å². The molecule has 0 amide bonds. The van der Waals surface area contributed by atoms with Crippen LogP contribution < -0.4 is 5.73 Å². The lowest BCUT2D eigenvalue weighted by Crippen LogP contribution is -1.99. The molecule has 4 nitrogen and oxygen atoms in total. The lowest BCUT2D eigenvalue weighted by Gasteiger charge is -1.90. The van der Waals surface area contributed by atoms with E-state index in [0.29, 0.717) is 6.54 Å². The van der Waals surface area contributed by atoms with Crippen LogP contribution in [0.5, 0.6) is 0 Å². The summed E-state index contributed by atoms with van der Waals surface area (Å²) >= 11 is 1.57. The van der Waals surface area contributed by atoms with Gasteiger partial charge in [-0.15, -0.1) is 10.2 Å². The fourth-order valence-corrected chi connectivity index (χ4v) is 2.23. The first-order chi connectivity index (χ1) is 7.31. The van der Waals surface area contributed by atoms with Crippen LogP contribution in [0.15, 0.2) is 16.7 Å². The molecule has 0 aliphatic carbocycles. The molecule has 0 aliphatic heterocycles. The highest BCUT2D eigenvalue weighted by atomic mass is 32.1. The Labute approximate surface area is 92.1 Å². The molecular weight excluding hydrogens is 210 g/mol. The summed E-state index contributed by atoms with van der Waals surface area (Å²) in [4.78, 5) is 0. The molecule has 2 rings (SSSR count). The van der Waals surface area contributed by atoms with E-state index in [1.54, 1.807) is 17.6 Å². The third-order valence-corrected chi connectivity index (χ3v) is 3.10. The van der Waals surface area contributed by atoms with Crippen molar-refractivity contribution < 1.29 is 4.42 Å². The summed E-state index contributed by atoms with van der Waals surface area (Å²) in [6, 6.07) is 1.93. The van der Waals surface area contributed by atoms with E-state index in [0.717, 1.165) is 34.2 Å². The molecule has 5 heteroatoms. The van der Waals surface area contributed by atoms with Crippen LogP contribution >= 0.6 is 11.3 Å². The molecule has 0 radical (unpaired) electrons. The Bertz CT molecular complexity index is 435. The summed E-state index contributed by atoms with van der Waals surface area (Å²) < 4.78 is 5.35. The maximum atomic E-state index is 5.44. The Kier molecular flexibility index (Phi) is 3.13. The van der Waals surface area contributed by atoms with Crippen molar-refractivity contribution in [3.05, 3.63) is 22.9 Å². The molecule has 2 N–H and O–H groups in total. The van der Waals surface area contributed by atoms with Crippen LogP contribution in [0.25, 0.3) is 10.8 Å². The molecule has 2 aromatic heterocycles. The van der Waals surface area contributed by atoms with Gasteiger partial charge in [-0.2, -0.15) is 0 Å². The van der Waals surface area contributed by atoms with Crippen LogP contribution in [0.1, 0.15) is 17.0 Å². The molecule has 0 saturated heterocycles. The summed E-state index contributed by atoms with van der Waals surface area (Å²) in [7, 11) is 0. The molecule has 15 heavy (non-hydrogen) atoms. The average molecular weight is 223 g/mol. The predicted molar refractivity (Wildman–Crippen MR) is 59.7 cm³/mol. The normalized spacial score (nSPS) is 10.8. The largest absolute Gasteiger partial charge is 0.461 e. The fraction of sp³-hybridized carbons (Fsp3) is 0.400. The highest BCUT2D eigenvalue weighted by Gasteiger charge is 2.11. The zero-order valence-electron chi connectivity index (χ0n) is 8.56. The van der Waals surface area contributed by atoms with Crippen molar-refractivity contribution in [3.8, 4) is 10.8 Å². The number of furan rings is 1. The second-order valence-corrected chi connectivity index (χ2v) is 4.39. The summed E-state index contributed by atoms with van der Waals surface area (Å²) in [5, 5.41) is 10.1. The summed E-state index contributed by atoms with van der Waals surface area (Å²) in [5.41, 5.74) is 6.53. The van der Waals surface area contributed by atoms with Gasteiger partial charge in [-0.1, -0.05) is 11.3 Å². The zero-order chi connectivity index (χ0) is 10.7. The molecule has 0 aromatic carbocycles. The molecule has 0 atom stereocenters. The van der Waals surface area contributed by atoms with Gasteiger partial charge in [0, 0.05) is 6.42 Å². The molecule has 0 aliphatic rings. The van der Waals surface area contributed by atoms with Crippen molar-refractivity contribution in [1.82, 2.24) is 10.2 Å². The Morgan fingerprint density at radius 1 is 1.47 bits per heavy atom. The number of rotatable bonds is 4. The molecule has 2 aromatic rings. The lowest BCUT2D eigenvalue weighted by molar-refractivity contribution is 0.579. The predicted octanol–water partition coefficient (Wildman–Crippen LogP) is 2.00.